The maximum atomic E-state index is 5.65. The van der Waals surface area contributed by atoms with Crippen molar-refractivity contribution in [3.63, 3.8) is 0 Å². The van der Waals surface area contributed by atoms with E-state index in [1.807, 2.05) is 12.1 Å². The molecule has 0 heterocycles. The SMILES string of the molecule is CCCOc1cc(CNCC)ccc1OC. The van der Waals surface area contributed by atoms with Crippen molar-refractivity contribution in [2.24, 2.45) is 0 Å². The zero-order valence-electron chi connectivity index (χ0n) is 10.4. The molecule has 3 heteroatoms. The van der Waals surface area contributed by atoms with Crippen LogP contribution in [0.5, 0.6) is 11.5 Å². The second-order valence-corrected chi connectivity index (χ2v) is 3.61. The average Bonchev–Trinajstić information content (AvgIpc) is 2.33. The minimum atomic E-state index is 0.723. The van der Waals surface area contributed by atoms with Gasteiger partial charge in [-0.25, -0.2) is 0 Å². The molecule has 1 N–H and O–H groups in total. The molecule has 0 aromatic heterocycles. The van der Waals surface area contributed by atoms with Gasteiger partial charge in [0, 0.05) is 6.54 Å². The fourth-order valence-corrected chi connectivity index (χ4v) is 1.43. The lowest BCUT2D eigenvalue weighted by molar-refractivity contribution is 0.294. The first-order chi connectivity index (χ1) is 7.81. The van der Waals surface area contributed by atoms with Gasteiger partial charge >= 0.3 is 0 Å². The van der Waals surface area contributed by atoms with Gasteiger partial charge in [-0.1, -0.05) is 19.9 Å². The molecule has 0 atom stereocenters. The highest BCUT2D eigenvalue weighted by Crippen LogP contribution is 2.28. The number of hydrogen-bond acceptors (Lipinski definition) is 3. The Morgan fingerprint density at radius 2 is 2.00 bits per heavy atom. The van der Waals surface area contributed by atoms with Gasteiger partial charge in [-0.2, -0.15) is 0 Å². The number of hydrogen-bond donors (Lipinski definition) is 1. The average molecular weight is 223 g/mol. The first-order valence-electron chi connectivity index (χ1n) is 5.82. The van der Waals surface area contributed by atoms with Gasteiger partial charge in [0.25, 0.3) is 0 Å². The van der Waals surface area contributed by atoms with Crippen molar-refractivity contribution in [3.05, 3.63) is 23.8 Å². The van der Waals surface area contributed by atoms with E-state index in [9.17, 15) is 0 Å². The minimum Gasteiger partial charge on any atom is -0.493 e. The van der Waals surface area contributed by atoms with Crippen LogP contribution in [0, 0.1) is 0 Å². The van der Waals surface area contributed by atoms with E-state index in [-0.39, 0.29) is 0 Å². The van der Waals surface area contributed by atoms with Gasteiger partial charge in [0.05, 0.1) is 13.7 Å². The lowest BCUT2D eigenvalue weighted by Gasteiger charge is -2.11. The first kappa shape index (κ1) is 12.8. The molecule has 1 aromatic carbocycles. The van der Waals surface area contributed by atoms with Gasteiger partial charge < -0.3 is 14.8 Å². The molecule has 0 unspecified atom stereocenters. The molecular weight excluding hydrogens is 202 g/mol. The second-order valence-electron chi connectivity index (χ2n) is 3.61. The Bertz CT molecular complexity index is 313. The van der Waals surface area contributed by atoms with Crippen LogP contribution in [0.4, 0.5) is 0 Å². The Balaban J connectivity index is 2.74. The minimum absolute atomic E-state index is 0.723. The normalized spacial score (nSPS) is 10.2. The molecule has 1 rings (SSSR count). The molecule has 0 radical (unpaired) electrons. The molecule has 1 aromatic rings. The van der Waals surface area contributed by atoms with Gasteiger partial charge in [0.15, 0.2) is 11.5 Å². The molecule has 0 spiro atoms. The molecule has 0 saturated heterocycles. The molecule has 0 amide bonds. The Morgan fingerprint density at radius 1 is 1.19 bits per heavy atom. The standard InChI is InChI=1S/C13H21NO2/c1-4-8-16-13-9-11(10-14-5-2)6-7-12(13)15-3/h6-7,9,14H,4-5,8,10H2,1-3H3. The highest BCUT2D eigenvalue weighted by atomic mass is 16.5. The predicted molar refractivity (Wildman–Crippen MR) is 66.2 cm³/mol. The van der Waals surface area contributed by atoms with Crippen molar-refractivity contribution in [2.45, 2.75) is 26.8 Å². The van der Waals surface area contributed by atoms with E-state index in [1.54, 1.807) is 7.11 Å². The summed E-state index contributed by atoms with van der Waals surface area (Å²) in [4.78, 5) is 0. The number of rotatable bonds is 7. The predicted octanol–water partition coefficient (Wildman–Crippen LogP) is 2.59. The third-order valence-corrected chi connectivity index (χ3v) is 2.27. The molecule has 0 saturated carbocycles. The molecule has 3 nitrogen and oxygen atoms in total. The van der Waals surface area contributed by atoms with E-state index in [0.717, 1.165) is 37.6 Å². The highest BCUT2D eigenvalue weighted by Gasteiger charge is 2.05. The lowest BCUT2D eigenvalue weighted by Crippen LogP contribution is -2.11. The summed E-state index contributed by atoms with van der Waals surface area (Å²) in [6.07, 6.45) is 1.00. The van der Waals surface area contributed by atoms with Crippen molar-refractivity contribution in [1.29, 1.82) is 0 Å². The smallest absolute Gasteiger partial charge is 0.161 e. The van der Waals surface area contributed by atoms with E-state index < -0.39 is 0 Å². The maximum Gasteiger partial charge on any atom is 0.161 e. The van der Waals surface area contributed by atoms with Gasteiger partial charge in [0.2, 0.25) is 0 Å². The summed E-state index contributed by atoms with van der Waals surface area (Å²) in [5.41, 5.74) is 1.22. The Kier molecular flexibility index (Phi) is 5.72. The van der Waals surface area contributed by atoms with E-state index in [4.69, 9.17) is 9.47 Å². The van der Waals surface area contributed by atoms with Crippen LogP contribution in [0.1, 0.15) is 25.8 Å². The van der Waals surface area contributed by atoms with Crippen molar-refractivity contribution in [1.82, 2.24) is 5.32 Å². The van der Waals surface area contributed by atoms with Gasteiger partial charge in [0.1, 0.15) is 0 Å². The van der Waals surface area contributed by atoms with Crippen LogP contribution >= 0.6 is 0 Å². The van der Waals surface area contributed by atoms with Crippen LogP contribution < -0.4 is 14.8 Å². The number of benzene rings is 1. The number of methoxy groups -OCH3 is 1. The van der Waals surface area contributed by atoms with Crippen LogP contribution in [-0.2, 0) is 6.54 Å². The van der Waals surface area contributed by atoms with Crippen molar-refractivity contribution < 1.29 is 9.47 Å². The molecule has 16 heavy (non-hydrogen) atoms. The zero-order chi connectivity index (χ0) is 11.8. The van der Waals surface area contributed by atoms with Crippen molar-refractivity contribution >= 4 is 0 Å². The van der Waals surface area contributed by atoms with E-state index in [1.165, 1.54) is 5.56 Å². The van der Waals surface area contributed by atoms with Crippen LogP contribution in [0.15, 0.2) is 18.2 Å². The molecule has 0 aliphatic heterocycles. The molecule has 0 fully saturated rings. The molecular formula is C13H21NO2. The van der Waals surface area contributed by atoms with E-state index in [2.05, 4.69) is 25.2 Å². The Hall–Kier alpha value is -1.22. The van der Waals surface area contributed by atoms with Crippen LogP contribution in [0.3, 0.4) is 0 Å². The third kappa shape index (κ3) is 3.74. The fraction of sp³-hybridized carbons (Fsp3) is 0.538. The summed E-state index contributed by atoms with van der Waals surface area (Å²) in [6.45, 7) is 6.74. The quantitative estimate of drug-likeness (QED) is 0.770. The number of nitrogens with one attached hydrogen (secondary N) is 1. The van der Waals surface area contributed by atoms with E-state index in [0.29, 0.717) is 0 Å². The summed E-state index contributed by atoms with van der Waals surface area (Å²) in [5.74, 6) is 1.63. The van der Waals surface area contributed by atoms with Crippen molar-refractivity contribution in [2.75, 3.05) is 20.3 Å². The summed E-state index contributed by atoms with van der Waals surface area (Å²) in [7, 11) is 1.66. The van der Waals surface area contributed by atoms with Gasteiger partial charge in [-0.05, 0) is 30.7 Å². The molecule has 90 valence electrons. The monoisotopic (exact) mass is 223 g/mol. The zero-order valence-corrected chi connectivity index (χ0v) is 10.4. The summed E-state index contributed by atoms with van der Waals surface area (Å²) in [6, 6.07) is 6.05. The first-order valence-corrected chi connectivity index (χ1v) is 5.82. The van der Waals surface area contributed by atoms with Crippen LogP contribution in [0.2, 0.25) is 0 Å². The van der Waals surface area contributed by atoms with Gasteiger partial charge in [-0.3, -0.25) is 0 Å². The topological polar surface area (TPSA) is 30.5 Å². The molecule has 0 bridgehead atoms. The Labute approximate surface area is 97.8 Å². The van der Waals surface area contributed by atoms with E-state index >= 15 is 0 Å². The van der Waals surface area contributed by atoms with Gasteiger partial charge in [-0.15, -0.1) is 0 Å². The number of ether oxygens (including phenoxy) is 2. The summed E-state index contributed by atoms with van der Waals surface area (Å²) >= 11 is 0. The summed E-state index contributed by atoms with van der Waals surface area (Å²) in [5, 5.41) is 3.29. The second kappa shape index (κ2) is 7.12. The lowest BCUT2D eigenvalue weighted by atomic mass is 10.2. The summed E-state index contributed by atoms with van der Waals surface area (Å²) < 4.78 is 10.9. The van der Waals surface area contributed by atoms with Crippen LogP contribution in [-0.4, -0.2) is 20.3 Å². The highest BCUT2D eigenvalue weighted by molar-refractivity contribution is 5.42. The fourth-order valence-electron chi connectivity index (χ4n) is 1.43. The Morgan fingerprint density at radius 3 is 2.62 bits per heavy atom. The molecule has 0 aliphatic rings. The van der Waals surface area contributed by atoms with Crippen molar-refractivity contribution in [3.8, 4) is 11.5 Å². The maximum absolute atomic E-state index is 5.65. The van der Waals surface area contributed by atoms with Crippen LogP contribution in [0.25, 0.3) is 0 Å². The molecule has 0 aliphatic carbocycles. The largest absolute Gasteiger partial charge is 0.493 e. The third-order valence-electron chi connectivity index (χ3n) is 2.27.